The van der Waals surface area contributed by atoms with Gasteiger partial charge in [-0.1, -0.05) is 51.2 Å². The molecule has 0 aliphatic heterocycles. The smallest absolute Gasteiger partial charge is 0.0964 e. The highest BCUT2D eigenvalue weighted by Crippen LogP contribution is 2.69. The first-order valence-electron chi connectivity index (χ1n) is 2.67. The van der Waals surface area contributed by atoms with E-state index in [1.54, 1.807) is 0 Å². The summed E-state index contributed by atoms with van der Waals surface area (Å²) in [6.07, 6.45) is 1.19. The van der Waals surface area contributed by atoms with Crippen molar-refractivity contribution in [2.75, 3.05) is 5.75 Å². The van der Waals surface area contributed by atoms with Gasteiger partial charge in [-0.3, -0.25) is 0 Å². The average Bonchev–Trinajstić information content (AvgIpc) is 1.55. The maximum atomic E-state index is 3.58. The molecule has 0 aliphatic rings. The predicted octanol–water partition coefficient (Wildman–Crippen LogP) is 6.23. The normalized spacial score (nSPS) is 15.1. The van der Waals surface area contributed by atoms with E-state index in [0.717, 1.165) is 5.75 Å². The first-order valence-corrected chi connectivity index (χ1v) is 19.0. The highest BCUT2D eigenvalue weighted by atomic mass is 80.0. The van der Waals surface area contributed by atoms with Crippen LogP contribution in [0, 0.1) is 0 Å². The molecule has 0 heterocycles. The minimum Gasteiger partial charge on any atom is -0.0964 e. The Bertz CT molecular complexity index is 102. The summed E-state index contributed by atoms with van der Waals surface area (Å²) in [5.41, 5.74) is 0. The summed E-state index contributed by atoms with van der Waals surface area (Å²) in [6, 6.07) is 1.17. The van der Waals surface area contributed by atoms with Crippen LogP contribution in [0.5, 0.6) is 0 Å². The molecule has 11 heavy (non-hydrogen) atoms. The van der Waals surface area contributed by atoms with Crippen LogP contribution >= 0.6 is 95.6 Å². The lowest BCUT2D eigenvalue weighted by Gasteiger charge is -2.17. The van der Waals surface area contributed by atoms with Gasteiger partial charge in [-0.25, -0.2) is 0 Å². The minimum atomic E-state index is -1.37. The van der Waals surface area contributed by atoms with E-state index >= 15 is 0 Å². The van der Waals surface area contributed by atoms with Crippen molar-refractivity contribution in [1.29, 1.82) is 0 Å². The minimum absolute atomic E-state index is 0.849. The summed E-state index contributed by atoms with van der Waals surface area (Å²) in [5, 5.41) is -0.849. The van der Waals surface area contributed by atoms with Gasteiger partial charge in [0.15, 0.2) is 0 Å². The number of hydrogen-bond donors (Lipinski definition) is 0. The Kier molecular flexibility index (Phi) is 8.04. The van der Waals surface area contributed by atoms with Crippen LogP contribution in [0.15, 0.2) is 0 Å². The number of halogens is 6. The maximum absolute atomic E-state index is 3.58. The van der Waals surface area contributed by atoms with Gasteiger partial charge < -0.3 is 0 Å². The molecule has 0 amide bonds. The van der Waals surface area contributed by atoms with Gasteiger partial charge >= 0.3 is 0 Å². The topological polar surface area (TPSA) is 0 Å². The van der Waals surface area contributed by atoms with E-state index in [1.807, 2.05) is 0 Å². The fraction of sp³-hybridized carbons (Fsp3) is 1.00. The monoisotopic (exact) mass is 576 g/mol. The van der Waals surface area contributed by atoms with Crippen LogP contribution < -0.4 is 0 Å². The average molecular weight is 582 g/mol. The third kappa shape index (κ3) is 13.4. The fourth-order valence-corrected chi connectivity index (χ4v) is 6.33. The molecular weight excluding hydrogens is 576 g/mol. The summed E-state index contributed by atoms with van der Waals surface area (Å²) in [5.74, 6) is 1.13. The Hall–Kier alpha value is 3.45. The van der Waals surface area contributed by atoms with Crippen molar-refractivity contribution in [1.82, 2.24) is 0 Å². The Labute approximate surface area is 116 Å². The summed E-state index contributed by atoms with van der Waals surface area (Å²) in [4.78, 5) is 0. The summed E-state index contributed by atoms with van der Waals surface area (Å²) >= 11 is 21.3. The molecule has 0 aliphatic carbocycles. The molecule has 0 aromatic carbocycles. The van der Waals surface area contributed by atoms with E-state index in [4.69, 9.17) is 0 Å². The lowest BCUT2D eigenvalue weighted by atomic mass is 10.6. The largest absolute Gasteiger partial charge is 0.267 e. The molecule has 0 saturated heterocycles. The highest BCUT2D eigenvalue weighted by Gasteiger charge is 2.22. The van der Waals surface area contributed by atoms with E-state index in [1.165, 1.54) is 12.5 Å². The summed E-state index contributed by atoms with van der Waals surface area (Å²) in [7, 11) is 0. The zero-order valence-corrected chi connectivity index (χ0v) is 16.6. The van der Waals surface area contributed by atoms with Crippen molar-refractivity contribution in [3.8, 4) is 0 Å². The van der Waals surface area contributed by atoms with Crippen LogP contribution in [0.4, 0.5) is 0 Å². The van der Waals surface area contributed by atoms with Crippen LogP contribution in [0.1, 0.15) is 6.42 Å². The molecule has 70 valence electrons. The second kappa shape index (κ2) is 6.12. The van der Waals surface area contributed by atoms with Crippen LogP contribution in [-0.4, -0.2) is 9.68 Å². The molecule has 0 unspecified atom stereocenters. The third-order valence-electron chi connectivity index (χ3n) is 0.836. The number of rotatable bonds is 4. The maximum Gasteiger partial charge on any atom is 0.267 e. The lowest BCUT2D eigenvalue weighted by Crippen LogP contribution is -2.06. The summed E-state index contributed by atoms with van der Waals surface area (Å²) in [6.45, 7) is 0. The highest BCUT2D eigenvalue weighted by molar-refractivity contribution is 10.2. The first-order chi connectivity index (χ1) is 4.71. The van der Waals surface area contributed by atoms with Gasteiger partial charge in [-0.2, -0.15) is 0 Å². The SMILES string of the molecule is Br[Si](Br)(Br)CCCS(Br)(Br)Br. The Morgan fingerprint density at radius 3 is 1.73 bits per heavy atom. The van der Waals surface area contributed by atoms with E-state index < -0.39 is 9.26 Å². The zero-order valence-electron chi connectivity index (χ0n) is 5.30. The van der Waals surface area contributed by atoms with Crippen molar-refractivity contribution in [3.63, 3.8) is 0 Å². The third-order valence-corrected chi connectivity index (χ3v) is 8.99. The van der Waals surface area contributed by atoms with Crippen molar-refractivity contribution in [2.24, 2.45) is 0 Å². The van der Waals surface area contributed by atoms with Crippen LogP contribution in [0.25, 0.3) is 0 Å². The van der Waals surface area contributed by atoms with E-state index in [0.29, 0.717) is 0 Å². The lowest BCUT2D eigenvalue weighted by molar-refractivity contribution is 1.10. The van der Waals surface area contributed by atoms with Crippen LogP contribution in [0.3, 0.4) is 0 Å². The Morgan fingerprint density at radius 1 is 1.00 bits per heavy atom. The molecule has 0 rings (SSSR count). The van der Waals surface area contributed by atoms with Gasteiger partial charge in [-0.15, -0.1) is 0 Å². The van der Waals surface area contributed by atoms with Crippen molar-refractivity contribution < 1.29 is 0 Å². The zero-order chi connectivity index (χ0) is 9.12. The quantitative estimate of drug-likeness (QED) is 0.273. The van der Waals surface area contributed by atoms with Gasteiger partial charge in [0.25, 0.3) is 3.93 Å². The van der Waals surface area contributed by atoms with Crippen LogP contribution in [-0.2, 0) is 0 Å². The van der Waals surface area contributed by atoms with Crippen LogP contribution in [0.2, 0.25) is 6.04 Å². The van der Waals surface area contributed by atoms with Crippen molar-refractivity contribution in [3.05, 3.63) is 0 Å². The second-order valence-corrected chi connectivity index (χ2v) is 44.6. The molecular formula is C3H6Br6SSi. The first kappa shape index (κ1) is 14.4. The molecule has 8 heteroatoms. The standard InChI is InChI=1S/C3H6Br6SSi/c4-10(5,6)2-1-3-11(7,8)9/h1-3H2. The Morgan fingerprint density at radius 2 is 1.45 bits per heavy atom. The molecule has 0 bridgehead atoms. The molecule has 0 atom stereocenters. The van der Waals surface area contributed by atoms with Gasteiger partial charge in [0, 0.05) is 5.75 Å². The van der Waals surface area contributed by atoms with E-state index in [2.05, 4.69) is 90.3 Å². The molecule has 0 N–H and O–H groups in total. The van der Waals surface area contributed by atoms with Gasteiger partial charge in [0.2, 0.25) is 0 Å². The molecule has 0 nitrogen and oxygen atoms in total. The number of hydrogen-bond acceptors (Lipinski definition) is 0. The molecule has 0 radical (unpaired) electrons. The van der Waals surface area contributed by atoms with E-state index in [9.17, 15) is 0 Å². The molecule has 0 saturated carbocycles. The predicted molar refractivity (Wildman–Crippen MR) is 81.2 cm³/mol. The molecule has 0 aromatic rings. The summed E-state index contributed by atoms with van der Waals surface area (Å²) < 4.78 is -1.37. The van der Waals surface area contributed by atoms with E-state index in [-0.39, 0.29) is 0 Å². The molecule has 0 spiro atoms. The van der Waals surface area contributed by atoms with Crippen molar-refractivity contribution >= 4 is 99.6 Å². The second-order valence-electron chi connectivity index (χ2n) is 1.93. The van der Waals surface area contributed by atoms with Crippen molar-refractivity contribution in [2.45, 2.75) is 12.5 Å². The van der Waals surface area contributed by atoms with Gasteiger partial charge in [0.1, 0.15) is 0 Å². The Balaban J connectivity index is 3.44. The van der Waals surface area contributed by atoms with Gasteiger partial charge in [0.05, 0.1) is 0 Å². The molecule has 0 fully saturated rings. The molecule has 0 aromatic heterocycles. The van der Waals surface area contributed by atoms with Gasteiger partial charge in [-0.05, 0) is 56.9 Å². The fourth-order valence-electron chi connectivity index (χ4n) is 0.436.